The highest BCUT2D eigenvalue weighted by Gasteiger charge is 2.27. The Kier molecular flexibility index (Phi) is 5.99. The number of anilines is 1. The first-order valence-corrected chi connectivity index (χ1v) is 9.42. The summed E-state index contributed by atoms with van der Waals surface area (Å²) < 4.78 is 0. The smallest absolute Gasteiger partial charge is 0.311 e. The summed E-state index contributed by atoms with van der Waals surface area (Å²) in [4.78, 5) is 18.9. The monoisotopic (exact) mass is 369 g/mol. The Morgan fingerprint density at radius 1 is 1.35 bits per heavy atom. The first-order chi connectivity index (χ1) is 12.5. The van der Waals surface area contributed by atoms with Gasteiger partial charge < -0.3 is 5.73 Å². The zero-order valence-electron chi connectivity index (χ0n) is 14.6. The van der Waals surface area contributed by atoms with Crippen molar-refractivity contribution in [3.8, 4) is 12.3 Å². The normalized spacial score (nSPS) is 20.2. The van der Waals surface area contributed by atoms with E-state index in [1.807, 2.05) is 12.1 Å². The summed E-state index contributed by atoms with van der Waals surface area (Å²) >= 11 is 1.13. The fourth-order valence-electron chi connectivity index (χ4n) is 3.16. The SMILES string of the molecule is C#CCN(N)C1=NC(=O)S/C1=C\C1CCN(Cc2ccc(N)cc2)CC1. The van der Waals surface area contributed by atoms with Crippen LogP contribution in [0, 0.1) is 18.3 Å². The molecule has 0 bridgehead atoms. The molecule has 0 aromatic heterocycles. The number of rotatable bonds is 4. The average molecular weight is 369 g/mol. The third-order valence-corrected chi connectivity index (χ3v) is 5.36. The molecule has 4 N–H and O–H groups in total. The maximum atomic E-state index is 11.7. The second kappa shape index (κ2) is 8.41. The van der Waals surface area contributed by atoms with Gasteiger partial charge in [0, 0.05) is 12.2 Å². The lowest BCUT2D eigenvalue weighted by Crippen LogP contribution is -2.37. The van der Waals surface area contributed by atoms with E-state index in [-0.39, 0.29) is 11.8 Å². The van der Waals surface area contributed by atoms with Crippen molar-refractivity contribution < 1.29 is 4.79 Å². The number of likely N-dealkylation sites (tertiary alicyclic amines) is 1. The highest BCUT2D eigenvalue weighted by atomic mass is 32.2. The van der Waals surface area contributed by atoms with Gasteiger partial charge in [-0.1, -0.05) is 24.1 Å². The van der Waals surface area contributed by atoms with Gasteiger partial charge >= 0.3 is 5.24 Å². The molecular formula is C19H23N5OS. The number of thioether (sulfide) groups is 1. The number of hydrazine groups is 1. The Labute approximate surface area is 158 Å². The number of hydrogen-bond acceptors (Lipinski definition) is 6. The quantitative estimate of drug-likeness (QED) is 0.367. The zero-order valence-corrected chi connectivity index (χ0v) is 15.4. The Balaban J connectivity index is 1.57. The van der Waals surface area contributed by atoms with Crippen molar-refractivity contribution in [2.75, 3.05) is 25.4 Å². The van der Waals surface area contributed by atoms with Crippen LogP contribution in [0.15, 0.2) is 40.2 Å². The molecule has 0 aliphatic carbocycles. The molecule has 7 heteroatoms. The number of carbonyl (C=O) groups excluding carboxylic acids is 1. The van der Waals surface area contributed by atoms with Crippen LogP contribution < -0.4 is 11.6 Å². The molecule has 1 aromatic carbocycles. The van der Waals surface area contributed by atoms with E-state index in [4.69, 9.17) is 18.0 Å². The van der Waals surface area contributed by atoms with Crippen molar-refractivity contribution in [1.29, 1.82) is 0 Å². The van der Waals surface area contributed by atoms with Crippen molar-refractivity contribution in [3.63, 3.8) is 0 Å². The van der Waals surface area contributed by atoms with Gasteiger partial charge in [-0.05, 0) is 61.3 Å². The molecule has 1 saturated heterocycles. The number of terminal acetylenes is 1. The summed E-state index contributed by atoms with van der Waals surface area (Å²) in [6.07, 6.45) is 9.51. The molecule has 0 unspecified atom stereocenters. The average Bonchev–Trinajstić information content (AvgIpc) is 2.99. The minimum atomic E-state index is -0.237. The highest BCUT2D eigenvalue weighted by Crippen LogP contribution is 2.31. The first kappa shape index (κ1) is 18.5. The van der Waals surface area contributed by atoms with Crippen LogP contribution in [0.2, 0.25) is 0 Å². The molecule has 1 fully saturated rings. The lowest BCUT2D eigenvalue weighted by atomic mass is 9.95. The summed E-state index contributed by atoms with van der Waals surface area (Å²) in [7, 11) is 0. The molecule has 6 nitrogen and oxygen atoms in total. The van der Waals surface area contributed by atoms with Crippen molar-refractivity contribution in [2.45, 2.75) is 19.4 Å². The van der Waals surface area contributed by atoms with Crippen LogP contribution in [0.3, 0.4) is 0 Å². The molecule has 1 amide bonds. The number of piperidine rings is 1. The molecule has 2 aliphatic rings. The van der Waals surface area contributed by atoms with E-state index in [1.54, 1.807) is 0 Å². The van der Waals surface area contributed by atoms with Crippen LogP contribution in [-0.2, 0) is 6.54 Å². The van der Waals surface area contributed by atoms with Gasteiger partial charge in [0.25, 0.3) is 0 Å². The molecule has 3 rings (SSSR count). The number of allylic oxidation sites excluding steroid dienone is 1. The van der Waals surface area contributed by atoms with Crippen molar-refractivity contribution in [1.82, 2.24) is 9.91 Å². The highest BCUT2D eigenvalue weighted by molar-refractivity contribution is 8.18. The molecule has 2 aliphatic heterocycles. The van der Waals surface area contributed by atoms with Gasteiger partial charge in [-0.25, -0.2) is 5.84 Å². The lowest BCUT2D eigenvalue weighted by Gasteiger charge is -2.31. The van der Waals surface area contributed by atoms with Gasteiger partial charge in [0.05, 0.1) is 11.4 Å². The Morgan fingerprint density at radius 2 is 2.04 bits per heavy atom. The molecule has 136 valence electrons. The summed E-state index contributed by atoms with van der Waals surface area (Å²) in [5, 5.41) is 1.12. The second-order valence-electron chi connectivity index (χ2n) is 6.52. The third-order valence-electron chi connectivity index (χ3n) is 4.55. The van der Waals surface area contributed by atoms with Crippen LogP contribution in [0.1, 0.15) is 18.4 Å². The largest absolute Gasteiger partial charge is 0.399 e. The van der Waals surface area contributed by atoms with Crippen LogP contribution >= 0.6 is 11.8 Å². The van der Waals surface area contributed by atoms with Gasteiger partial charge in [-0.2, -0.15) is 4.99 Å². The predicted molar refractivity (Wildman–Crippen MR) is 107 cm³/mol. The van der Waals surface area contributed by atoms with E-state index in [0.717, 1.165) is 54.8 Å². The van der Waals surface area contributed by atoms with E-state index in [1.165, 1.54) is 10.6 Å². The Morgan fingerprint density at radius 3 is 2.69 bits per heavy atom. The van der Waals surface area contributed by atoms with Gasteiger partial charge in [-0.15, -0.1) is 6.42 Å². The molecule has 0 radical (unpaired) electrons. The molecule has 26 heavy (non-hydrogen) atoms. The third kappa shape index (κ3) is 4.67. The summed E-state index contributed by atoms with van der Waals surface area (Å²) in [6, 6.07) is 8.04. The van der Waals surface area contributed by atoms with Gasteiger partial charge in [0.1, 0.15) is 0 Å². The molecular weight excluding hydrogens is 346 g/mol. The maximum absolute atomic E-state index is 11.7. The van der Waals surface area contributed by atoms with Crippen molar-refractivity contribution in [2.24, 2.45) is 16.8 Å². The molecule has 2 heterocycles. The standard InChI is InChI=1S/C19H23N5OS/c1-2-9-24(21)18-17(26-19(25)22-18)12-14-7-10-23(11-8-14)13-15-3-5-16(20)6-4-15/h1,3-6,12,14H,7-11,13,20-21H2/b17-12-. The molecule has 0 spiro atoms. The summed E-state index contributed by atoms with van der Waals surface area (Å²) in [5.41, 5.74) is 7.80. The summed E-state index contributed by atoms with van der Waals surface area (Å²) in [5.74, 6) is 9.28. The van der Waals surface area contributed by atoms with Crippen LogP contribution in [0.25, 0.3) is 0 Å². The van der Waals surface area contributed by atoms with Crippen LogP contribution in [0.4, 0.5) is 10.5 Å². The van der Waals surface area contributed by atoms with E-state index >= 15 is 0 Å². The maximum Gasteiger partial charge on any atom is 0.311 e. The number of hydrogen-bond donors (Lipinski definition) is 2. The molecule has 0 saturated carbocycles. The zero-order chi connectivity index (χ0) is 18.5. The van der Waals surface area contributed by atoms with Gasteiger partial charge in [0.2, 0.25) is 0 Å². The van der Waals surface area contributed by atoms with Crippen LogP contribution in [-0.4, -0.2) is 40.6 Å². The second-order valence-corrected chi connectivity index (χ2v) is 7.51. The van der Waals surface area contributed by atoms with E-state index in [0.29, 0.717) is 11.8 Å². The minimum Gasteiger partial charge on any atom is -0.399 e. The number of benzene rings is 1. The van der Waals surface area contributed by atoms with E-state index in [9.17, 15) is 4.79 Å². The number of carbonyl (C=O) groups is 1. The number of nitrogen functional groups attached to an aromatic ring is 1. The van der Waals surface area contributed by atoms with Gasteiger partial charge in [-0.3, -0.25) is 14.7 Å². The first-order valence-electron chi connectivity index (χ1n) is 8.60. The van der Waals surface area contributed by atoms with Gasteiger partial charge in [0.15, 0.2) is 5.84 Å². The Bertz CT molecular complexity index is 757. The van der Waals surface area contributed by atoms with E-state index < -0.39 is 0 Å². The molecule has 0 atom stereocenters. The fraction of sp³-hybridized carbons (Fsp3) is 0.368. The van der Waals surface area contributed by atoms with Crippen LogP contribution in [0.5, 0.6) is 0 Å². The number of nitrogens with two attached hydrogens (primary N) is 2. The topological polar surface area (TPSA) is 88.0 Å². The number of amidine groups is 1. The fourth-order valence-corrected chi connectivity index (χ4v) is 4.00. The number of nitrogens with zero attached hydrogens (tertiary/aromatic N) is 3. The molecule has 1 aromatic rings. The lowest BCUT2D eigenvalue weighted by molar-refractivity contribution is 0.195. The van der Waals surface area contributed by atoms with Crippen molar-refractivity contribution >= 4 is 28.5 Å². The minimum absolute atomic E-state index is 0.226. The Hall–Kier alpha value is -2.27. The van der Waals surface area contributed by atoms with E-state index in [2.05, 4.69) is 34.0 Å². The van der Waals surface area contributed by atoms with Crippen molar-refractivity contribution in [3.05, 3.63) is 40.8 Å². The summed E-state index contributed by atoms with van der Waals surface area (Å²) in [6.45, 7) is 3.19. The predicted octanol–water partition coefficient (Wildman–Crippen LogP) is 2.44. The number of amides is 1. The number of aliphatic imine (C=N–C) groups is 1.